The van der Waals surface area contributed by atoms with Crippen LogP contribution in [0.5, 0.6) is 0 Å². The first-order chi connectivity index (χ1) is 5.58. The van der Waals surface area contributed by atoms with E-state index in [9.17, 15) is 0 Å². The van der Waals surface area contributed by atoms with Crippen molar-refractivity contribution < 1.29 is 0 Å². The number of nitrogens with zero attached hydrogens (tertiary/aromatic N) is 3. The van der Waals surface area contributed by atoms with Gasteiger partial charge in [0.15, 0.2) is 0 Å². The van der Waals surface area contributed by atoms with Crippen LogP contribution in [0.4, 0.5) is 0 Å². The molecule has 0 aromatic carbocycles. The van der Waals surface area contributed by atoms with Crippen LogP contribution in [0.3, 0.4) is 0 Å². The molecular weight excluding hydrogens is 237 g/mol. The Morgan fingerprint density at radius 1 is 1.33 bits per heavy atom. The summed E-state index contributed by atoms with van der Waals surface area (Å²) >= 11 is 17.1. The smallest absolute Gasteiger partial charge is 0.253 e. The molecule has 68 valence electrons. The number of aryl methyl sites for hydroxylation is 1. The summed E-state index contributed by atoms with van der Waals surface area (Å²) < 4.78 is 1.73. The van der Waals surface area contributed by atoms with Crippen molar-refractivity contribution in [2.24, 2.45) is 0 Å². The minimum absolute atomic E-state index is 0.664. The second kappa shape index (κ2) is 4.46. The first-order valence-corrected chi connectivity index (χ1v) is 8.73. The molecule has 0 atom stereocenters. The minimum atomic E-state index is -2.44. The van der Waals surface area contributed by atoms with Gasteiger partial charge in [0, 0.05) is 12.7 Å². The summed E-state index contributed by atoms with van der Waals surface area (Å²) in [5, 5.41) is 7.45. The van der Waals surface area contributed by atoms with Crippen molar-refractivity contribution in [3.63, 3.8) is 0 Å². The zero-order chi connectivity index (χ0) is 9.03. The predicted molar refractivity (Wildman–Crippen MR) is 52.8 cm³/mol. The van der Waals surface area contributed by atoms with Gasteiger partial charge in [-0.2, -0.15) is 0 Å². The normalized spacial score (nSPS) is 11.9. The molecule has 0 fully saturated rings. The van der Waals surface area contributed by atoms with E-state index >= 15 is 0 Å². The molecule has 0 bridgehead atoms. The van der Waals surface area contributed by atoms with Gasteiger partial charge in [-0.3, -0.25) is 4.68 Å². The Morgan fingerprint density at radius 2 is 2.08 bits per heavy atom. The SMILES string of the molecule is Cl[Si](Cl)(Cl)CCCn1ccnn1. The molecule has 0 saturated heterocycles. The Kier molecular flexibility index (Phi) is 3.83. The molecule has 0 radical (unpaired) electrons. The van der Waals surface area contributed by atoms with Gasteiger partial charge in [0.05, 0.1) is 6.20 Å². The van der Waals surface area contributed by atoms with Gasteiger partial charge < -0.3 is 0 Å². The van der Waals surface area contributed by atoms with E-state index in [0.717, 1.165) is 13.0 Å². The van der Waals surface area contributed by atoms with Crippen molar-refractivity contribution >= 4 is 39.2 Å². The summed E-state index contributed by atoms with van der Waals surface area (Å²) in [6, 6.07) is -1.77. The fourth-order valence-electron chi connectivity index (χ4n) is 0.793. The van der Waals surface area contributed by atoms with Gasteiger partial charge in [-0.25, -0.2) is 0 Å². The zero-order valence-electron chi connectivity index (χ0n) is 6.25. The second-order valence-electron chi connectivity index (χ2n) is 2.38. The fraction of sp³-hybridized carbons (Fsp3) is 0.600. The van der Waals surface area contributed by atoms with Crippen molar-refractivity contribution in [2.45, 2.75) is 19.0 Å². The zero-order valence-corrected chi connectivity index (χ0v) is 9.52. The van der Waals surface area contributed by atoms with Gasteiger partial charge in [-0.1, -0.05) is 5.21 Å². The van der Waals surface area contributed by atoms with Crippen LogP contribution in [-0.2, 0) is 6.54 Å². The fourth-order valence-corrected chi connectivity index (χ4v) is 2.56. The third-order valence-electron chi connectivity index (χ3n) is 1.32. The summed E-state index contributed by atoms with van der Waals surface area (Å²) in [5.41, 5.74) is 0. The van der Waals surface area contributed by atoms with E-state index in [1.165, 1.54) is 0 Å². The Bertz CT molecular complexity index is 220. The third-order valence-corrected chi connectivity index (χ3v) is 3.94. The van der Waals surface area contributed by atoms with E-state index in [1.807, 2.05) is 0 Å². The van der Waals surface area contributed by atoms with Gasteiger partial charge >= 0.3 is 6.00 Å². The summed E-state index contributed by atoms with van der Waals surface area (Å²) in [4.78, 5) is 0. The maximum atomic E-state index is 5.70. The molecule has 3 nitrogen and oxygen atoms in total. The maximum absolute atomic E-state index is 5.70. The quantitative estimate of drug-likeness (QED) is 0.601. The predicted octanol–water partition coefficient (Wildman–Crippen LogP) is 2.32. The number of rotatable bonds is 4. The van der Waals surface area contributed by atoms with Crippen molar-refractivity contribution in [3.05, 3.63) is 12.4 Å². The maximum Gasteiger partial charge on any atom is 0.341 e. The Labute approximate surface area is 85.7 Å². The molecule has 0 aliphatic rings. The third kappa shape index (κ3) is 4.30. The summed E-state index contributed by atoms with van der Waals surface area (Å²) in [7, 11) is 0. The van der Waals surface area contributed by atoms with Gasteiger partial charge in [0.25, 0.3) is 0 Å². The second-order valence-corrected chi connectivity index (χ2v) is 11.7. The Hall–Kier alpha value is 0.227. The molecule has 0 N–H and O–H groups in total. The minimum Gasteiger partial charge on any atom is -0.253 e. The van der Waals surface area contributed by atoms with Crippen LogP contribution in [-0.4, -0.2) is 21.0 Å². The van der Waals surface area contributed by atoms with E-state index in [2.05, 4.69) is 10.3 Å². The molecule has 7 heteroatoms. The van der Waals surface area contributed by atoms with Crippen LogP contribution in [0.15, 0.2) is 12.4 Å². The topological polar surface area (TPSA) is 30.7 Å². The molecule has 1 aromatic heterocycles. The molecule has 0 saturated carbocycles. The monoisotopic (exact) mass is 243 g/mol. The standard InChI is InChI=1S/C5H8Cl3N3Si/c6-12(7,8)5-1-3-11-4-2-9-10-11/h2,4H,1,3,5H2. The lowest BCUT2D eigenvalue weighted by molar-refractivity contribution is 0.578. The molecule has 0 aliphatic carbocycles. The lowest BCUT2D eigenvalue weighted by Crippen LogP contribution is -2.10. The van der Waals surface area contributed by atoms with Gasteiger partial charge in [-0.15, -0.1) is 38.3 Å². The molecule has 0 aliphatic heterocycles. The first kappa shape index (κ1) is 10.3. The molecule has 0 spiro atoms. The highest BCUT2D eigenvalue weighted by molar-refractivity contribution is 7.64. The van der Waals surface area contributed by atoms with Gasteiger partial charge in [0.1, 0.15) is 0 Å². The van der Waals surface area contributed by atoms with Crippen molar-refractivity contribution in [1.29, 1.82) is 0 Å². The number of aromatic nitrogens is 3. The average Bonchev–Trinajstić information content (AvgIpc) is 2.36. The van der Waals surface area contributed by atoms with Crippen LogP contribution < -0.4 is 0 Å². The Balaban J connectivity index is 2.20. The van der Waals surface area contributed by atoms with Crippen LogP contribution in [0.2, 0.25) is 6.04 Å². The lowest BCUT2D eigenvalue weighted by atomic mass is 10.5. The number of hydrogen-bond acceptors (Lipinski definition) is 2. The molecule has 1 rings (SSSR count). The van der Waals surface area contributed by atoms with Crippen LogP contribution in [0, 0.1) is 0 Å². The van der Waals surface area contributed by atoms with Crippen molar-refractivity contribution in [1.82, 2.24) is 15.0 Å². The highest BCUT2D eigenvalue weighted by atomic mass is 35.8. The molecule has 1 heterocycles. The van der Waals surface area contributed by atoms with E-state index in [4.69, 9.17) is 33.2 Å². The summed E-state index contributed by atoms with van der Waals surface area (Å²) in [6.07, 6.45) is 4.26. The molecule has 0 amide bonds. The van der Waals surface area contributed by atoms with Crippen molar-refractivity contribution in [3.8, 4) is 0 Å². The van der Waals surface area contributed by atoms with Gasteiger partial charge in [-0.05, 0) is 12.5 Å². The highest BCUT2D eigenvalue weighted by Crippen LogP contribution is 2.26. The largest absolute Gasteiger partial charge is 0.341 e. The van der Waals surface area contributed by atoms with Crippen molar-refractivity contribution in [2.75, 3.05) is 0 Å². The van der Waals surface area contributed by atoms with E-state index in [1.54, 1.807) is 17.1 Å². The van der Waals surface area contributed by atoms with E-state index in [-0.39, 0.29) is 0 Å². The molecule has 12 heavy (non-hydrogen) atoms. The van der Waals surface area contributed by atoms with Crippen LogP contribution in [0.1, 0.15) is 6.42 Å². The average molecular weight is 245 g/mol. The number of hydrogen-bond donors (Lipinski definition) is 0. The number of halogens is 3. The lowest BCUT2D eigenvalue weighted by Gasteiger charge is -2.06. The molecular formula is C5H8Cl3N3Si. The first-order valence-electron chi connectivity index (χ1n) is 3.49. The molecule has 0 unspecified atom stereocenters. The van der Waals surface area contributed by atoms with Gasteiger partial charge in [0.2, 0.25) is 0 Å². The highest BCUT2D eigenvalue weighted by Gasteiger charge is 2.23. The van der Waals surface area contributed by atoms with E-state index in [0.29, 0.717) is 6.04 Å². The molecule has 1 aromatic rings. The van der Waals surface area contributed by atoms with Crippen LogP contribution in [0.25, 0.3) is 0 Å². The van der Waals surface area contributed by atoms with Crippen LogP contribution >= 0.6 is 33.2 Å². The van der Waals surface area contributed by atoms with E-state index < -0.39 is 6.00 Å². The summed E-state index contributed by atoms with van der Waals surface area (Å²) in [5.74, 6) is 0. The Morgan fingerprint density at radius 3 is 2.58 bits per heavy atom. The summed E-state index contributed by atoms with van der Waals surface area (Å²) in [6.45, 7) is 0.765.